The average molecular weight is 264 g/mol. The van der Waals surface area contributed by atoms with Gasteiger partial charge in [-0.3, -0.25) is 0 Å². The molecule has 1 N–H and O–H groups in total. The number of aryl methyl sites for hydroxylation is 1. The molecule has 0 atom stereocenters. The fourth-order valence-electron chi connectivity index (χ4n) is 1.65. The van der Waals surface area contributed by atoms with E-state index in [4.69, 9.17) is 4.42 Å². The fraction of sp³-hybridized carbons (Fsp3) is 0.500. The van der Waals surface area contributed by atoms with Crippen LogP contribution in [0.3, 0.4) is 0 Å². The largest absolute Gasteiger partial charge is 0.445 e. The monoisotopic (exact) mass is 264 g/mol. The Kier molecular flexibility index (Phi) is 3.88. The maximum Gasteiger partial charge on any atom is 0.208 e. The minimum Gasteiger partial charge on any atom is -0.445 e. The molecule has 3 nitrogen and oxygen atoms in total. The van der Waals surface area contributed by atoms with Gasteiger partial charge in [0.25, 0.3) is 0 Å². The van der Waals surface area contributed by atoms with Gasteiger partial charge in [-0.15, -0.1) is 11.3 Å². The van der Waals surface area contributed by atoms with Gasteiger partial charge in [0.2, 0.25) is 5.89 Å². The molecule has 2 heterocycles. The van der Waals surface area contributed by atoms with Crippen LogP contribution in [0.1, 0.15) is 42.2 Å². The molecular formula is C14H20N2OS. The van der Waals surface area contributed by atoms with Gasteiger partial charge >= 0.3 is 0 Å². The van der Waals surface area contributed by atoms with Crippen molar-refractivity contribution in [3.63, 3.8) is 0 Å². The van der Waals surface area contributed by atoms with E-state index < -0.39 is 0 Å². The standard InChI is InChI=1S/C14H20N2OS/c1-10-7-16-13(17-10)9-15-8-11-5-6-12(18-11)14(2,3)4/h5-7,15H,8-9H2,1-4H3. The van der Waals surface area contributed by atoms with Gasteiger partial charge in [0.15, 0.2) is 0 Å². The molecule has 0 fully saturated rings. The lowest BCUT2D eigenvalue weighted by Gasteiger charge is -2.15. The SMILES string of the molecule is Cc1cnc(CNCc2ccc(C(C)(C)C)s2)o1. The number of thiophene rings is 1. The molecule has 2 rings (SSSR count). The third-order valence-electron chi connectivity index (χ3n) is 2.65. The number of rotatable bonds is 4. The molecule has 0 bridgehead atoms. The molecule has 2 aromatic heterocycles. The van der Waals surface area contributed by atoms with E-state index in [2.05, 4.69) is 43.2 Å². The van der Waals surface area contributed by atoms with Gasteiger partial charge in [-0.25, -0.2) is 4.98 Å². The van der Waals surface area contributed by atoms with Gasteiger partial charge in [-0.1, -0.05) is 20.8 Å². The molecule has 0 aliphatic rings. The lowest BCUT2D eigenvalue weighted by atomic mass is 9.95. The predicted octanol–water partition coefficient (Wildman–Crippen LogP) is 3.63. The normalized spacial score (nSPS) is 12.0. The summed E-state index contributed by atoms with van der Waals surface area (Å²) in [6.45, 7) is 10.2. The first-order valence-electron chi connectivity index (χ1n) is 6.16. The highest BCUT2D eigenvalue weighted by Gasteiger charge is 2.15. The van der Waals surface area contributed by atoms with Gasteiger partial charge in [0.1, 0.15) is 5.76 Å². The lowest BCUT2D eigenvalue weighted by Crippen LogP contribution is -2.12. The first-order chi connectivity index (χ1) is 8.45. The van der Waals surface area contributed by atoms with Crippen LogP contribution >= 0.6 is 11.3 Å². The number of aromatic nitrogens is 1. The molecule has 98 valence electrons. The zero-order valence-corrected chi connectivity index (χ0v) is 12.2. The third-order valence-corrected chi connectivity index (χ3v) is 4.16. The van der Waals surface area contributed by atoms with Gasteiger partial charge in [0.05, 0.1) is 12.7 Å². The van der Waals surface area contributed by atoms with Crippen LogP contribution in [0.4, 0.5) is 0 Å². The molecule has 0 amide bonds. The maximum absolute atomic E-state index is 5.41. The van der Waals surface area contributed by atoms with Gasteiger partial charge < -0.3 is 9.73 Å². The minimum absolute atomic E-state index is 0.239. The summed E-state index contributed by atoms with van der Waals surface area (Å²) in [5, 5.41) is 3.35. The summed E-state index contributed by atoms with van der Waals surface area (Å²) < 4.78 is 5.41. The van der Waals surface area contributed by atoms with Crippen molar-refractivity contribution in [2.24, 2.45) is 0 Å². The van der Waals surface area contributed by atoms with E-state index in [1.54, 1.807) is 6.20 Å². The van der Waals surface area contributed by atoms with Crippen LogP contribution in [-0.2, 0) is 18.5 Å². The van der Waals surface area contributed by atoms with Crippen molar-refractivity contribution in [2.45, 2.75) is 46.2 Å². The van der Waals surface area contributed by atoms with Crippen molar-refractivity contribution in [1.82, 2.24) is 10.3 Å². The number of nitrogens with zero attached hydrogens (tertiary/aromatic N) is 1. The topological polar surface area (TPSA) is 38.1 Å². The molecule has 0 spiro atoms. The molecule has 0 saturated heterocycles. The summed E-state index contributed by atoms with van der Waals surface area (Å²) in [7, 11) is 0. The zero-order valence-electron chi connectivity index (χ0n) is 11.4. The Labute approximate surface area is 112 Å². The highest BCUT2D eigenvalue weighted by Crippen LogP contribution is 2.29. The smallest absolute Gasteiger partial charge is 0.208 e. The fourth-order valence-corrected chi connectivity index (χ4v) is 2.69. The van der Waals surface area contributed by atoms with Crippen molar-refractivity contribution in [2.75, 3.05) is 0 Å². The quantitative estimate of drug-likeness (QED) is 0.916. The Morgan fingerprint density at radius 1 is 1.28 bits per heavy atom. The van der Waals surface area contributed by atoms with Crippen molar-refractivity contribution < 1.29 is 4.42 Å². The van der Waals surface area contributed by atoms with Gasteiger partial charge in [-0.05, 0) is 24.5 Å². The van der Waals surface area contributed by atoms with Crippen LogP contribution in [0.25, 0.3) is 0 Å². The Hall–Kier alpha value is -1.13. The van der Waals surface area contributed by atoms with E-state index in [1.807, 2.05) is 18.3 Å². The molecule has 0 aliphatic heterocycles. The lowest BCUT2D eigenvalue weighted by molar-refractivity contribution is 0.449. The van der Waals surface area contributed by atoms with Crippen LogP contribution in [0.5, 0.6) is 0 Å². The molecule has 18 heavy (non-hydrogen) atoms. The second kappa shape index (κ2) is 5.24. The number of nitrogens with one attached hydrogen (secondary N) is 1. The van der Waals surface area contributed by atoms with E-state index in [9.17, 15) is 0 Å². The van der Waals surface area contributed by atoms with Gasteiger partial charge in [0, 0.05) is 16.3 Å². The Morgan fingerprint density at radius 3 is 2.61 bits per heavy atom. The highest BCUT2D eigenvalue weighted by atomic mass is 32.1. The Balaban J connectivity index is 1.85. The molecule has 0 radical (unpaired) electrons. The molecule has 0 saturated carbocycles. The Morgan fingerprint density at radius 2 is 2.06 bits per heavy atom. The van der Waals surface area contributed by atoms with E-state index in [0.717, 1.165) is 18.2 Å². The van der Waals surface area contributed by atoms with Crippen molar-refractivity contribution in [3.8, 4) is 0 Å². The summed E-state index contributed by atoms with van der Waals surface area (Å²) >= 11 is 1.87. The molecule has 0 aliphatic carbocycles. The van der Waals surface area contributed by atoms with E-state index in [1.165, 1.54) is 9.75 Å². The highest BCUT2D eigenvalue weighted by molar-refractivity contribution is 7.12. The molecule has 0 unspecified atom stereocenters. The Bertz CT molecular complexity index is 508. The summed E-state index contributed by atoms with van der Waals surface area (Å²) in [6.07, 6.45) is 1.75. The van der Waals surface area contributed by atoms with E-state index in [0.29, 0.717) is 6.54 Å². The minimum atomic E-state index is 0.239. The second-order valence-corrected chi connectivity index (χ2v) is 6.65. The molecule has 0 aromatic carbocycles. The van der Waals surface area contributed by atoms with E-state index >= 15 is 0 Å². The average Bonchev–Trinajstić information content (AvgIpc) is 2.87. The number of hydrogen-bond donors (Lipinski definition) is 1. The first-order valence-corrected chi connectivity index (χ1v) is 6.98. The summed E-state index contributed by atoms with van der Waals surface area (Å²) in [5.41, 5.74) is 0.239. The zero-order chi connectivity index (χ0) is 13.2. The predicted molar refractivity (Wildman–Crippen MR) is 74.8 cm³/mol. The summed E-state index contributed by atoms with van der Waals surface area (Å²) in [6, 6.07) is 4.41. The van der Waals surface area contributed by atoms with Crippen LogP contribution in [0.2, 0.25) is 0 Å². The van der Waals surface area contributed by atoms with Gasteiger partial charge in [-0.2, -0.15) is 0 Å². The summed E-state index contributed by atoms with van der Waals surface area (Å²) in [4.78, 5) is 6.94. The van der Waals surface area contributed by atoms with Crippen molar-refractivity contribution in [3.05, 3.63) is 39.7 Å². The second-order valence-electron chi connectivity index (χ2n) is 5.48. The van der Waals surface area contributed by atoms with Crippen molar-refractivity contribution in [1.29, 1.82) is 0 Å². The van der Waals surface area contributed by atoms with Crippen molar-refractivity contribution >= 4 is 11.3 Å². The molecule has 4 heteroatoms. The van der Waals surface area contributed by atoms with E-state index in [-0.39, 0.29) is 5.41 Å². The summed E-state index contributed by atoms with van der Waals surface area (Å²) in [5.74, 6) is 1.61. The van der Waals surface area contributed by atoms with Crippen LogP contribution < -0.4 is 5.32 Å². The number of hydrogen-bond acceptors (Lipinski definition) is 4. The first kappa shape index (κ1) is 13.3. The molecular weight excluding hydrogens is 244 g/mol. The van der Waals surface area contributed by atoms with Crippen LogP contribution in [0, 0.1) is 6.92 Å². The maximum atomic E-state index is 5.41. The van der Waals surface area contributed by atoms with Crippen LogP contribution in [-0.4, -0.2) is 4.98 Å². The molecule has 2 aromatic rings. The van der Waals surface area contributed by atoms with Crippen LogP contribution in [0.15, 0.2) is 22.7 Å². The number of oxazole rings is 1. The third kappa shape index (κ3) is 3.43.